The third kappa shape index (κ3) is 25.3. The Kier molecular flexibility index (Phi) is 30.6. The summed E-state index contributed by atoms with van der Waals surface area (Å²) in [7, 11) is 0. The molecular weight excluding hydrogens is 955 g/mol. The van der Waals surface area contributed by atoms with Gasteiger partial charge in [-0.15, -0.1) is 0 Å². The Balaban J connectivity index is 0.845. The van der Waals surface area contributed by atoms with Crippen LogP contribution >= 0.6 is 0 Å². The number of aliphatic imine (C=N–C) groups is 1. The van der Waals surface area contributed by atoms with E-state index in [4.69, 9.17) is 53.1 Å². The van der Waals surface area contributed by atoms with Crippen LogP contribution in [0.4, 0.5) is 5.69 Å². The first kappa shape index (κ1) is 60.0. The number of carbonyl (C=O) groups excluding carboxylic acids is 5. The first-order valence-electron chi connectivity index (χ1n) is 24.9. The summed E-state index contributed by atoms with van der Waals surface area (Å²) < 4.78 is 56.4. The van der Waals surface area contributed by atoms with E-state index in [0.717, 1.165) is 41.0 Å². The molecule has 4 rings (SSSR count). The number of amidine groups is 1. The van der Waals surface area contributed by atoms with Gasteiger partial charge in [0, 0.05) is 73.8 Å². The van der Waals surface area contributed by atoms with Gasteiger partial charge in [-0.3, -0.25) is 38.5 Å². The number of aromatic nitrogens is 3. The number of rotatable bonds is 43. The van der Waals surface area contributed by atoms with Gasteiger partial charge in [0.25, 0.3) is 11.8 Å². The molecule has 2 aromatic rings. The number of amides is 5. The molecule has 2 aliphatic heterocycles. The van der Waals surface area contributed by atoms with Crippen LogP contribution in [0.15, 0.2) is 47.4 Å². The maximum absolute atomic E-state index is 13.3. The van der Waals surface area contributed by atoms with Gasteiger partial charge in [-0.1, -0.05) is 13.8 Å². The molecule has 406 valence electrons. The highest BCUT2D eigenvalue weighted by atomic mass is 16.6. The second kappa shape index (κ2) is 37.2. The molecule has 73 heavy (non-hydrogen) atoms. The zero-order valence-corrected chi connectivity index (χ0v) is 42.4. The number of fused-ring (bicyclic) bond motifs is 1. The van der Waals surface area contributed by atoms with Crippen molar-refractivity contribution in [3.63, 3.8) is 0 Å². The van der Waals surface area contributed by atoms with E-state index in [1.165, 1.54) is 0 Å². The van der Waals surface area contributed by atoms with Crippen molar-refractivity contribution in [2.45, 2.75) is 39.7 Å². The number of imide groups is 1. The summed E-state index contributed by atoms with van der Waals surface area (Å²) in [5.74, 6) is -1.34. The van der Waals surface area contributed by atoms with Gasteiger partial charge in [0.2, 0.25) is 17.7 Å². The fraction of sp³-hybridized carbons (Fsp3) is 0.633. The molecule has 2 aromatic heterocycles. The van der Waals surface area contributed by atoms with Crippen LogP contribution in [0.25, 0.3) is 17.2 Å². The van der Waals surface area contributed by atoms with Gasteiger partial charge in [-0.25, -0.2) is 4.99 Å². The van der Waals surface area contributed by atoms with Gasteiger partial charge in [0.05, 0.1) is 150 Å². The maximum Gasteiger partial charge on any atom is 0.254 e. The van der Waals surface area contributed by atoms with Crippen molar-refractivity contribution < 1.29 is 71.3 Å². The second-order valence-corrected chi connectivity index (χ2v) is 16.2. The standard InChI is InChI=1S/C49H75N9O15/c1-3-9-56(10-4-2)49(63)39-31-42-43(55-44(50)33-39)32-40(34-53-42)41-35-54-57(36-41)37-45(59)51-7-11-64-13-15-66-17-19-68-21-23-70-25-27-72-29-30-73-28-26-71-24-22-69-20-18-67-16-14-65-12-8-52-46(60)38-58-47(61)5-6-48(58)62/h5-6,31-32,34-36H,3-4,7-30,33,37-38H2,1-2H3,(H2,50,55)(H,51,59)(H,52,60). The van der Waals surface area contributed by atoms with E-state index in [2.05, 4.69) is 25.7 Å². The second-order valence-electron chi connectivity index (χ2n) is 16.2. The number of carbonyl (C=O) groups is 5. The minimum Gasteiger partial charge on any atom is -0.387 e. The Labute approximate surface area is 427 Å². The smallest absolute Gasteiger partial charge is 0.254 e. The number of hydrogen-bond donors (Lipinski definition) is 3. The summed E-state index contributed by atoms with van der Waals surface area (Å²) in [6, 6.07) is 1.86. The molecule has 0 aromatic carbocycles. The SMILES string of the molecule is CCCN(CCC)C(=O)C1=Cc2ncc(-c3cnn(CC(=O)NCCOCCOCCOCCOCCOCCOCCOCCOCCOCCOCCNC(=O)CN4C(=O)C=CC4=O)c3)cc2N=C(N)C1. The lowest BCUT2D eigenvalue weighted by Gasteiger charge is -2.22. The zero-order valence-electron chi connectivity index (χ0n) is 42.4. The van der Waals surface area contributed by atoms with Crippen molar-refractivity contribution >= 4 is 47.1 Å². The average Bonchev–Trinajstić information content (AvgIpc) is 3.92. The van der Waals surface area contributed by atoms with Gasteiger partial charge < -0.3 is 68.6 Å². The van der Waals surface area contributed by atoms with Crippen LogP contribution in [-0.4, -0.2) is 225 Å². The maximum atomic E-state index is 13.3. The van der Waals surface area contributed by atoms with E-state index in [9.17, 15) is 24.0 Å². The molecule has 0 aliphatic carbocycles. The Bertz CT molecular complexity index is 2030. The summed E-state index contributed by atoms with van der Waals surface area (Å²) in [4.78, 5) is 72.5. The lowest BCUT2D eigenvalue weighted by molar-refractivity contribution is -0.141. The Morgan fingerprint density at radius 1 is 0.603 bits per heavy atom. The number of nitrogens with one attached hydrogen (secondary N) is 2. The first-order chi connectivity index (χ1) is 35.7. The Hall–Kier alpha value is -5.54. The third-order valence-corrected chi connectivity index (χ3v) is 10.4. The quantitative estimate of drug-likeness (QED) is 0.0609. The topological polar surface area (TPSA) is 277 Å². The number of ether oxygens (including phenoxy) is 10. The monoisotopic (exact) mass is 1030 g/mol. The highest BCUT2D eigenvalue weighted by Gasteiger charge is 2.25. The fourth-order valence-corrected chi connectivity index (χ4v) is 6.82. The van der Waals surface area contributed by atoms with Gasteiger partial charge in [-0.05, 0) is 25.0 Å². The Morgan fingerprint density at radius 3 is 1.47 bits per heavy atom. The summed E-state index contributed by atoms with van der Waals surface area (Å²) in [6.45, 7) is 14.0. The molecule has 0 unspecified atom stereocenters. The van der Waals surface area contributed by atoms with Crippen LogP contribution in [-0.2, 0) is 77.9 Å². The van der Waals surface area contributed by atoms with Gasteiger partial charge in [0.1, 0.15) is 18.9 Å². The molecule has 0 saturated carbocycles. The molecule has 5 amide bonds. The van der Waals surface area contributed by atoms with Crippen molar-refractivity contribution in [2.75, 3.05) is 165 Å². The van der Waals surface area contributed by atoms with Crippen molar-refractivity contribution in [1.29, 1.82) is 0 Å². The molecule has 4 N–H and O–H groups in total. The third-order valence-electron chi connectivity index (χ3n) is 10.4. The lowest BCUT2D eigenvalue weighted by Crippen LogP contribution is -2.41. The van der Waals surface area contributed by atoms with Crippen LogP contribution in [0.5, 0.6) is 0 Å². The minimum atomic E-state index is -0.499. The van der Waals surface area contributed by atoms with Crippen molar-refractivity contribution in [1.82, 2.24) is 35.2 Å². The molecule has 24 nitrogen and oxygen atoms in total. The van der Waals surface area contributed by atoms with Gasteiger partial charge in [-0.2, -0.15) is 5.10 Å². The van der Waals surface area contributed by atoms with Gasteiger partial charge in [0.15, 0.2) is 0 Å². The average molecular weight is 1030 g/mol. The fourth-order valence-electron chi connectivity index (χ4n) is 6.82. The number of nitrogens with zero attached hydrogens (tertiary/aromatic N) is 6. The molecule has 4 heterocycles. The summed E-state index contributed by atoms with van der Waals surface area (Å²) >= 11 is 0. The predicted molar refractivity (Wildman–Crippen MR) is 267 cm³/mol. The van der Waals surface area contributed by atoms with Crippen LogP contribution in [0.1, 0.15) is 38.8 Å². The lowest BCUT2D eigenvalue weighted by atomic mass is 10.1. The zero-order chi connectivity index (χ0) is 52.1. The van der Waals surface area contributed by atoms with Crippen LogP contribution in [0.3, 0.4) is 0 Å². The minimum absolute atomic E-state index is 0.0340. The molecule has 0 atom stereocenters. The molecule has 0 saturated heterocycles. The van der Waals surface area contributed by atoms with E-state index in [0.29, 0.717) is 168 Å². The molecule has 0 spiro atoms. The molecular formula is C49H75N9O15. The van der Waals surface area contributed by atoms with Crippen LogP contribution in [0.2, 0.25) is 0 Å². The van der Waals surface area contributed by atoms with Crippen LogP contribution < -0.4 is 16.4 Å². The molecule has 0 radical (unpaired) electrons. The van der Waals surface area contributed by atoms with Crippen LogP contribution in [0, 0.1) is 0 Å². The summed E-state index contributed by atoms with van der Waals surface area (Å²) in [5.41, 5.74) is 9.47. The van der Waals surface area contributed by atoms with Crippen molar-refractivity contribution in [2.24, 2.45) is 10.7 Å². The highest BCUT2D eigenvalue weighted by molar-refractivity contribution is 6.14. The molecule has 0 fully saturated rings. The number of pyridine rings is 1. The summed E-state index contributed by atoms with van der Waals surface area (Å²) in [6.07, 6.45) is 11.2. The van der Waals surface area contributed by atoms with Crippen molar-refractivity contribution in [3.8, 4) is 11.1 Å². The van der Waals surface area contributed by atoms with Gasteiger partial charge >= 0.3 is 0 Å². The van der Waals surface area contributed by atoms with E-state index in [1.54, 1.807) is 29.3 Å². The van der Waals surface area contributed by atoms with E-state index < -0.39 is 17.7 Å². The van der Waals surface area contributed by atoms with Crippen molar-refractivity contribution in [3.05, 3.63) is 48.1 Å². The number of nitrogens with two attached hydrogens (primary N) is 1. The molecule has 2 aliphatic rings. The highest BCUT2D eigenvalue weighted by Crippen LogP contribution is 2.30. The van der Waals surface area contributed by atoms with E-state index in [-0.39, 0.29) is 44.5 Å². The first-order valence-corrected chi connectivity index (χ1v) is 24.9. The number of hydrogen-bond acceptors (Lipinski definition) is 19. The molecule has 24 heteroatoms. The normalized spacial score (nSPS) is 13.3. The Morgan fingerprint density at radius 2 is 1.03 bits per heavy atom. The summed E-state index contributed by atoms with van der Waals surface area (Å²) in [5, 5.41) is 9.76. The largest absolute Gasteiger partial charge is 0.387 e. The van der Waals surface area contributed by atoms with E-state index in [1.807, 2.05) is 24.8 Å². The predicted octanol–water partition coefficient (Wildman–Crippen LogP) is 0.693. The molecule has 0 bridgehead atoms. The van der Waals surface area contributed by atoms with E-state index >= 15 is 0 Å².